The van der Waals surface area contributed by atoms with Gasteiger partial charge >= 0.3 is 0 Å². The smallest absolute Gasteiger partial charge is 0.243 e. The fourth-order valence-corrected chi connectivity index (χ4v) is 3.93. The summed E-state index contributed by atoms with van der Waals surface area (Å²) < 4.78 is 0.860. The van der Waals surface area contributed by atoms with Crippen molar-refractivity contribution in [2.24, 2.45) is 0 Å². The van der Waals surface area contributed by atoms with E-state index < -0.39 is 0 Å². The minimum Gasteiger partial charge on any atom is -0.289 e. The van der Waals surface area contributed by atoms with Gasteiger partial charge in [-0.3, -0.25) is 10.0 Å². The zero-order chi connectivity index (χ0) is 20.7. The molecule has 0 aromatic heterocycles. The van der Waals surface area contributed by atoms with Gasteiger partial charge in [-0.2, -0.15) is 0 Å². The number of thiol groups is 1. The molecule has 0 fully saturated rings. The molecule has 0 aromatic rings. The first-order valence-corrected chi connectivity index (χ1v) is 12.7. The van der Waals surface area contributed by atoms with Crippen molar-refractivity contribution in [2.45, 2.75) is 135 Å². The average Bonchev–Trinajstić information content (AvgIpc) is 2.68. The van der Waals surface area contributed by atoms with E-state index in [1.807, 2.05) is 0 Å². The zero-order valence-corrected chi connectivity index (χ0v) is 19.8. The predicted molar refractivity (Wildman–Crippen MR) is 128 cm³/mol. The van der Waals surface area contributed by atoms with Crippen molar-refractivity contribution in [3.8, 4) is 0 Å². The molecule has 0 saturated carbocycles. The maximum absolute atomic E-state index is 10.9. The Morgan fingerprint density at radius 2 is 0.821 bits per heavy atom. The lowest BCUT2D eigenvalue weighted by Crippen LogP contribution is -2.17. The van der Waals surface area contributed by atoms with Crippen LogP contribution in [-0.4, -0.2) is 15.3 Å². The number of hydrogen-bond donors (Lipinski definition) is 3. The number of carbonyl (C=O) groups excluding carboxylic acids is 1. The van der Waals surface area contributed by atoms with Crippen molar-refractivity contribution in [3.63, 3.8) is 0 Å². The molecule has 0 aliphatic carbocycles. The molecule has 0 unspecified atom stereocenters. The maximum Gasteiger partial charge on any atom is 0.243 e. The largest absolute Gasteiger partial charge is 0.289 e. The number of carbonyl (C=O) groups is 1. The van der Waals surface area contributed by atoms with Crippen LogP contribution in [0.15, 0.2) is 0 Å². The molecule has 0 saturated heterocycles. The second-order valence-corrected chi connectivity index (χ2v) is 9.48. The molecule has 0 spiro atoms. The molecule has 0 aliphatic heterocycles. The van der Waals surface area contributed by atoms with Crippen LogP contribution in [0.2, 0.25) is 0 Å². The Balaban J connectivity index is 3.03. The van der Waals surface area contributed by atoms with Crippen molar-refractivity contribution >= 4 is 35.0 Å². The standard InChI is InChI=1S/C23H45NO2S2/c25-22(24-26)20-18-16-14-12-10-8-6-4-2-1-3-5-7-9-11-13-15-17-19-21-23(27)28/h26H,1-21H2,(H,24,25)(H,27,28). The van der Waals surface area contributed by atoms with Crippen molar-refractivity contribution in [3.05, 3.63) is 0 Å². The summed E-state index contributed by atoms with van der Waals surface area (Å²) in [5.74, 6) is -0.263. The molecule has 0 rings (SSSR count). The highest BCUT2D eigenvalue weighted by Crippen LogP contribution is 2.15. The lowest BCUT2D eigenvalue weighted by molar-refractivity contribution is -0.129. The molecular formula is C23H45NO2S2. The number of hydroxylamine groups is 1. The first kappa shape index (κ1) is 27.9. The molecule has 0 aliphatic rings. The van der Waals surface area contributed by atoms with Gasteiger partial charge in [0, 0.05) is 10.6 Å². The van der Waals surface area contributed by atoms with Crippen LogP contribution in [0.3, 0.4) is 0 Å². The minimum atomic E-state index is -0.263. The summed E-state index contributed by atoms with van der Waals surface area (Å²) in [5.41, 5.74) is 1.68. The van der Waals surface area contributed by atoms with Gasteiger partial charge in [0.05, 0.1) is 0 Å². The molecule has 0 atom stereocenters. The van der Waals surface area contributed by atoms with Gasteiger partial charge in [0.1, 0.15) is 0 Å². The van der Waals surface area contributed by atoms with Crippen LogP contribution in [0.4, 0.5) is 0 Å². The number of thiocarbonyl (C=S) groups is 1. The fraction of sp³-hybridized carbons (Fsp3) is 0.913. The van der Waals surface area contributed by atoms with E-state index in [1.54, 1.807) is 5.48 Å². The number of nitrogens with one attached hydrogen (secondary N) is 1. The van der Waals surface area contributed by atoms with Crippen molar-refractivity contribution in [2.75, 3.05) is 0 Å². The monoisotopic (exact) mass is 431 g/mol. The van der Waals surface area contributed by atoms with E-state index in [2.05, 4.69) is 12.6 Å². The summed E-state index contributed by atoms with van der Waals surface area (Å²) in [5, 5.41) is 8.40. The Bertz CT molecular complexity index is 365. The van der Waals surface area contributed by atoms with Crippen LogP contribution in [0.5, 0.6) is 0 Å². The van der Waals surface area contributed by atoms with E-state index in [0.717, 1.165) is 23.5 Å². The number of rotatable bonds is 22. The Labute approximate surface area is 185 Å². The fourth-order valence-electron chi connectivity index (χ4n) is 3.62. The molecule has 28 heavy (non-hydrogen) atoms. The lowest BCUT2D eigenvalue weighted by Gasteiger charge is -2.04. The minimum absolute atomic E-state index is 0.263. The molecule has 2 N–H and O–H groups in total. The quantitative estimate of drug-likeness (QED) is 0.0536. The molecule has 5 heteroatoms. The van der Waals surface area contributed by atoms with Crippen LogP contribution in [0.1, 0.15) is 135 Å². The van der Waals surface area contributed by atoms with Crippen LogP contribution in [-0.2, 0) is 4.79 Å². The van der Waals surface area contributed by atoms with Crippen molar-refractivity contribution in [1.29, 1.82) is 0 Å². The first-order chi connectivity index (χ1) is 13.7. The Hall–Kier alpha value is -0.130. The maximum atomic E-state index is 10.9. The summed E-state index contributed by atoms with van der Waals surface area (Å²) >= 11 is 9.14. The Morgan fingerprint density at radius 1 is 0.571 bits per heavy atom. The average molecular weight is 432 g/mol. The third kappa shape index (κ3) is 23.9. The second kappa shape index (κ2) is 23.2. The third-order valence-corrected chi connectivity index (χ3v) is 5.85. The predicted octanol–water partition coefficient (Wildman–Crippen LogP) is 7.94. The summed E-state index contributed by atoms with van der Waals surface area (Å²) in [6, 6.07) is 0. The lowest BCUT2D eigenvalue weighted by atomic mass is 10.0. The number of amides is 1. The van der Waals surface area contributed by atoms with Gasteiger partial charge in [0.25, 0.3) is 0 Å². The summed E-state index contributed by atoms with van der Waals surface area (Å²) in [7, 11) is 0. The highest BCUT2D eigenvalue weighted by molar-refractivity contribution is 8.11. The summed E-state index contributed by atoms with van der Waals surface area (Å²) in [6.07, 6.45) is 26.5. The van der Waals surface area contributed by atoms with Gasteiger partial charge in [-0.15, -0.1) is 12.6 Å². The summed E-state index contributed by atoms with van der Waals surface area (Å²) in [6.45, 7) is 0. The Kier molecular flexibility index (Phi) is 23.0. The molecular weight excluding hydrogens is 386 g/mol. The van der Waals surface area contributed by atoms with Gasteiger partial charge in [0.15, 0.2) is 0 Å². The molecule has 0 radical (unpaired) electrons. The molecule has 3 nitrogen and oxygen atoms in total. The van der Waals surface area contributed by atoms with Gasteiger partial charge < -0.3 is 0 Å². The SMILES string of the molecule is O=C(CCCCCCCCCCCCCCCCCCCCCC(=S)S)NO. The van der Waals surface area contributed by atoms with Crippen LogP contribution in [0, 0.1) is 0 Å². The van der Waals surface area contributed by atoms with Crippen LogP contribution < -0.4 is 5.48 Å². The summed E-state index contributed by atoms with van der Waals surface area (Å²) in [4.78, 5) is 10.9. The van der Waals surface area contributed by atoms with E-state index in [0.29, 0.717) is 6.42 Å². The van der Waals surface area contributed by atoms with Gasteiger partial charge in [-0.05, 0) is 19.3 Å². The van der Waals surface area contributed by atoms with E-state index in [1.165, 1.54) is 109 Å². The molecule has 166 valence electrons. The second-order valence-electron chi connectivity index (χ2n) is 8.15. The van der Waals surface area contributed by atoms with E-state index in [4.69, 9.17) is 17.4 Å². The molecule has 0 aromatic carbocycles. The number of hydrogen-bond acceptors (Lipinski definition) is 3. The van der Waals surface area contributed by atoms with Crippen LogP contribution >= 0.6 is 24.8 Å². The highest BCUT2D eigenvalue weighted by Gasteiger charge is 1.98. The number of unbranched alkanes of at least 4 members (excludes halogenated alkanes) is 18. The molecule has 0 heterocycles. The highest BCUT2D eigenvalue weighted by atomic mass is 32.1. The normalized spacial score (nSPS) is 10.9. The van der Waals surface area contributed by atoms with Crippen molar-refractivity contribution in [1.82, 2.24) is 5.48 Å². The zero-order valence-electron chi connectivity index (χ0n) is 18.1. The van der Waals surface area contributed by atoms with Crippen LogP contribution in [0.25, 0.3) is 0 Å². The topological polar surface area (TPSA) is 49.3 Å². The first-order valence-electron chi connectivity index (χ1n) is 11.8. The van der Waals surface area contributed by atoms with E-state index >= 15 is 0 Å². The molecule has 0 bridgehead atoms. The van der Waals surface area contributed by atoms with Gasteiger partial charge in [-0.25, -0.2) is 5.48 Å². The third-order valence-electron chi connectivity index (χ3n) is 5.42. The van der Waals surface area contributed by atoms with Gasteiger partial charge in [0.2, 0.25) is 5.91 Å². The Morgan fingerprint density at radius 3 is 1.07 bits per heavy atom. The van der Waals surface area contributed by atoms with Gasteiger partial charge in [-0.1, -0.05) is 121 Å². The molecule has 1 amide bonds. The van der Waals surface area contributed by atoms with Crippen molar-refractivity contribution < 1.29 is 10.0 Å². The van der Waals surface area contributed by atoms with E-state index in [-0.39, 0.29) is 5.91 Å². The van der Waals surface area contributed by atoms with E-state index in [9.17, 15) is 4.79 Å².